The van der Waals surface area contributed by atoms with Crippen LogP contribution >= 0.6 is 0 Å². The second-order valence-electron chi connectivity index (χ2n) is 12.3. The molecule has 206 valence electrons. The van der Waals surface area contributed by atoms with E-state index in [9.17, 15) is 4.79 Å². The van der Waals surface area contributed by atoms with E-state index in [0.717, 1.165) is 55.5 Å². The van der Waals surface area contributed by atoms with Crippen LogP contribution in [0.5, 0.6) is 0 Å². The van der Waals surface area contributed by atoms with Gasteiger partial charge in [0.05, 0.1) is 6.33 Å². The number of imidazole rings is 1. The third kappa shape index (κ3) is 7.24. The Labute approximate surface area is 221 Å². The number of nitrogens with one attached hydrogen (secondary N) is 3. The van der Waals surface area contributed by atoms with Gasteiger partial charge in [-0.15, -0.1) is 0 Å². The van der Waals surface area contributed by atoms with E-state index in [1.807, 2.05) is 27.1 Å². The van der Waals surface area contributed by atoms with Crippen molar-refractivity contribution in [1.29, 1.82) is 0 Å². The van der Waals surface area contributed by atoms with Crippen molar-refractivity contribution in [2.45, 2.75) is 122 Å². The number of anilines is 2. The SMILES string of the molecule is CC(C)n1cnc2c(NC3CCCC(NC(=O)OC(C)(C)C)C3)nc(NC3CCC(N(C)C)CC3)nc21. The molecular formula is C27H46N8O2. The molecule has 2 unspecified atom stereocenters. The van der Waals surface area contributed by atoms with E-state index in [-0.39, 0.29) is 24.2 Å². The van der Waals surface area contributed by atoms with E-state index >= 15 is 0 Å². The highest BCUT2D eigenvalue weighted by atomic mass is 16.6. The number of hydrogen-bond donors (Lipinski definition) is 3. The number of carbonyl (C=O) groups is 1. The fraction of sp³-hybridized carbons (Fsp3) is 0.778. The molecule has 2 saturated carbocycles. The van der Waals surface area contributed by atoms with Gasteiger partial charge in [-0.2, -0.15) is 9.97 Å². The number of rotatable bonds is 7. The fourth-order valence-corrected chi connectivity index (χ4v) is 5.50. The molecule has 0 radical (unpaired) electrons. The normalized spacial score (nSPS) is 24.9. The van der Waals surface area contributed by atoms with Crippen LogP contribution in [0.2, 0.25) is 0 Å². The molecule has 2 aliphatic rings. The molecule has 10 nitrogen and oxygen atoms in total. The molecule has 0 aromatic carbocycles. The number of hydrogen-bond acceptors (Lipinski definition) is 8. The lowest BCUT2D eigenvalue weighted by atomic mass is 9.90. The zero-order chi connectivity index (χ0) is 26.7. The van der Waals surface area contributed by atoms with Gasteiger partial charge in [-0.1, -0.05) is 0 Å². The average Bonchev–Trinajstić information content (AvgIpc) is 3.23. The summed E-state index contributed by atoms with van der Waals surface area (Å²) in [6, 6.07) is 1.51. The third-order valence-corrected chi connectivity index (χ3v) is 7.47. The summed E-state index contributed by atoms with van der Waals surface area (Å²) in [6.07, 6.45) is 9.87. The minimum absolute atomic E-state index is 0.0659. The largest absolute Gasteiger partial charge is 0.444 e. The predicted molar refractivity (Wildman–Crippen MR) is 148 cm³/mol. The van der Waals surface area contributed by atoms with Crippen molar-refractivity contribution in [2.24, 2.45) is 0 Å². The molecule has 2 aliphatic carbocycles. The molecule has 2 atom stereocenters. The predicted octanol–water partition coefficient (Wildman–Crippen LogP) is 4.94. The molecule has 10 heteroatoms. The van der Waals surface area contributed by atoms with E-state index in [4.69, 9.17) is 14.7 Å². The molecule has 0 spiro atoms. The Bertz CT molecular complexity index is 1050. The summed E-state index contributed by atoms with van der Waals surface area (Å²) in [5, 5.41) is 10.3. The highest BCUT2D eigenvalue weighted by Crippen LogP contribution is 2.29. The van der Waals surface area contributed by atoms with Crippen molar-refractivity contribution in [2.75, 3.05) is 24.7 Å². The fourth-order valence-electron chi connectivity index (χ4n) is 5.50. The van der Waals surface area contributed by atoms with Gasteiger partial charge in [0.2, 0.25) is 5.95 Å². The van der Waals surface area contributed by atoms with E-state index in [0.29, 0.717) is 18.0 Å². The van der Waals surface area contributed by atoms with Crippen molar-refractivity contribution in [3.63, 3.8) is 0 Å². The molecule has 4 rings (SSSR count). The van der Waals surface area contributed by atoms with Crippen LogP contribution in [0.15, 0.2) is 6.33 Å². The number of amides is 1. The average molecular weight is 515 g/mol. The van der Waals surface area contributed by atoms with E-state index in [1.54, 1.807) is 0 Å². The number of nitrogens with zero attached hydrogens (tertiary/aromatic N) is 5. The van der Waals surface area contributed by atoms with Gasteiger partial charge >= 0.3 is 6.09 Å². The molecule has 2 fully saturated rings. The molecular weight excluding hydrogens is 468 g/mol. The minimum Gasteiger partial charge on any atom is -0.444 e. The van der Waals surface area contributed by atoms with Crippen LogP contribution < -0.4 is 16.0 Å². The first-order chi connectivity index (χ1) is 17.5. The van der Waals surface area contributed by atoms with Gasteiger partial charge in [0, 0.05) is 30.2 Å². The van der Waals surface area contributed by atoms with Crippen LogP contribution in [0.25, 0.3) is 11.2 Å². The maximum Gasteiger partial charge on any atom is 0.407 e. The maximum absolute atomic E-state index is 12.3. The van der Waals surface area contributed by atoms with Crippen molar-refractivity contribution >= 4 is 29.0 Å². The number of ether oxygens (including phenoxy) is 1. The standard InChI is InChI=1S/C27H46N8O2/c1-17(2)35-16-28-22-23(29-19-9-8-10-20(15-19)31-26(36)37-27(3,4)5)32-25(33-24(22)35)30-18-11-13-21(14-12-18)34(6)7/h16-21H,8-15H2,1-7H3,(H,31,36)(H2,29,30,32,33). The Balaban J connectivity index is 1.49. The molecule has 0 aliphatic heterocycles. The van der Waals surface area contributed by atoms with E-state index in [1.165, 1.54) is 12.8 Å². The summed E-state index contributed by atoms with van der Waals surface area (Å²) in [4.78, 5) is 29.2. The molecule has 2 aromatic rings. The lowest BCUT2D eigenvalue weighted by Crippen LogP contribution is -2.44. The van der Waals surface area contributed by atoms with Crippen LogP contribution in [-0.2, 0) is 4.74 Å². The van der Waals surface area contributed by atoms with Gasteiger partial charge in [0.15, 0.2) is 17.0 Å². The van der Waals surface area contributed by atoms with Crippen LogP contribution in [0.3, 0.4) is 0 Å². The molecule has 3 N–H and O–H groups in total. The second-order valence-corrected chi connectivity index (χ2v) is 12.3. The first-order valence-corrected chi connectivity index (χ1v) is 13.9. The Morgan fingerprint density at radius 1 is 1.03 bits per heavy atom. The summed E-state index contributed by atoms with van der Waals surface area (Å²) in [5.74, 6) is 1.42. The van der Waals surface area contributed by atoms with Gasteiger partial charge in [0.1, 0.15) is 5.60 Å². The van der Waals surface area contributed by atoms with Gasteiger partial charge in [-0.05, 0) is 100 Å². The highest BCUT2D eigenvalue weighted by Gasteiger charge is 2.28. The summed E-state index contributed by atoms with van der Waals surface area (Å²) in [7, 11) is 4.33. The van der Waals surface area contributed by atoms with Gasteiger partial charge in [-0.25, -0.2) is 9.78 Å². The number of fused-ring (bicyclic) bond motifs is 1. The summed E-state index contributed by atoms with van der Waals surface area (Å²) < 4.78 is 7.57. The van der Waals surface area contributed by atoms with Crippen molar-refractivity contribution < 1.29 is 9.53 Å². The highest BCUT2D eigenvalue weighted by molar-refractivity contribution is 5.84. The van der Waals surface area contributed by atoms with Gasteiger partial charge in [-0.3, -0.25) is 0 Å². The molecule has 37 heavy (non-hydrogen) atoms. The lowest BCUT2D eigenvalue weighted by Gasteiger charge is -2.33. The molecule has 0 bridgehead atoms. The van der Waals surface area contributed by atoms with Gasteiger partial charge < -0.3 is 30.2 Å². The summed E-state index contributed by atoms with van der Waals surface area (Å²) in [5.41, 5.74) is 1.13. The Hall–Kier alpha value is -2.62. The first kappa shape index (κ1) is 27.4. The Morgan fingerprint density at radius 3 is 2.38 bits per heavy atom. The zero-order valence-electron chi connectivity index (χ0n) is 23.7. The van der Waals surface area contributed by atoms with Crippen LogP contribution in [0.4, 0.5) is 16.6 Å². The monoisotopic (exact) mass is 514 g/mol. The Kier molecular flexibility index (Phi) is 8.46. The number of aromatic nitrogens is 4. The van der Waals surface area contributed by atoms with Crippen LogP contribution in [0, 0.1) is 0 Å². The summed E-state index contributed by atoms with van der Waals surface area (Å²) >= 11 is 0. The number of carbonyl (C=O) groups excluding carboxylic acids is 1. The molecule has 0 saturated heterocycles. The van der Waals surface area contributed by atoms with Crippen LogP contribution in [-0.4, -0.2) is 74.4 Å². The van der Waals surface area contributed by atoms with Crippen molar-refractivity contribution in [3.05, 3.63) is 6.33 Å². The van der Waals surface area contributed by atoms with Crippen molar-refractivity contribution in [3.8, 4) is 0 Å². The van der Waals surface area contributed by atoms with Crippen molar-refractivity contribution in [1.82, 2.24) is 29.7 Å². The number of alkyl carbamates (subject to hydrolysis) is 1. The zero-order valence-corrected chi connectivity index (χ0v) is 23.7. The quantitative estimate of drug-likeness (QED) is 0.477. The topological polar surface area (TPSA) is 109 Å². The van der Waals surface area contributed by atoms with Gasteiger partial charge in [0.25, 0.3) is 0 Å². The first-order valence-electron chi connectivity index (χ1n) is 13.9. The van der Waals surface area contributed by atoms with E-state index in [2.05, 4.69) is 58.3 Å². The second kappa shape index (κ2) is 11.4. The molecule has 1 amide bonds. The Morgan fingerprint density at radius 2 is 1.73 bits per heavy atom. The molecule has 2 heterocycles. The van der Waals surface area contributed by atoms with E-state index < -0.39 is 5.60 Å². The lowest BCUT2D eigenvalue weighted by molar-refractivity contribution is 0.0492. The molecule has 2 aromatic heterocycles. The maximum atomic E-state index is 12.3. The smallest absolute Gasteiger partial charge is 0.407 e. The summed E-state index contributed by atoms with van der Waals surface area (Å²) in [6.45, 7) is 9.93. The minimum atomic E-state index is -0.507. The van der Waals surface area contributed by atoms with Crippen LogP contribution in [0.1, 0.15) is 92.0 Å². The third-order valence-electron chi connectivity index (χ3n) is 7.47.